The highest BCUT2D eigenvalue weighted by Crippen LogP contribution is 2.35. The summed E-state index contributed by atoms with van der Waals surface area (Å²) in [5.41, 5.74) is 0.488. The van der Waals surface area contributed by atoms with E-state index in [0.29, 0.717) is 6.07 Å². The van der Waals surface area contributed by atoms with E-state index in [1.54, 1.807) is 0 Å². The number of urea groups is 1. The Morgan fingerprint density at radius 2 is 1.88 bits per heavy atom. The normalized spacial score (nSPS) is 16.2. The molecule has 9 nitrogen and oxygen atoms in total. The highest BCUT2D eigenvalue weighted by molar-refractivity contribution is 6.14. The number of carboxylic acid groups (broad SMARTS) is 1. The molecule has 3 N–H and O–H groups in total. The minimum atomic E-state index is -1.46. The van der Waals surface area contributed by atoms with Crippen LogP contribution in [0.5, 0.6) is 5.75 Å². The smallest absolute Gasteiger partial charge is 0.316 e. The van der Waals surface area contributed by atoms with Gasteiger partial charge in [0.05, 0.1) is 19.6 Å². The van der Waals surface area contributed by atoms with Gasteiger partial charge < -0.3 is 25.4 Å². The second-order valence-electron chi connectivity index (χ2n) is 7.45. The van der Waals surface area contributed by atoms with Gasteiger partial charge in [0, 0.05) is 36.5 Å². The lowest BCUT2D eigenvalue weighted by Gasteiger charge is -2.25. The molecule has 0 aromatic heterocycles. The van der Waals surface area contributed by atoms with Crippen molar-refractivity contribution in [1.29, 1.82) is 0 Å². The summed E-state index contributed by atoms with van der Waals surface area (Å²) in [4.78, 5) is 49.3. The summed E-state index contributed by atoms with van der Waals surface area (Å²) in [6.45, 7) is 0. The fraction of sp³-hybridized carbons (Fsp3) is 0.217. The second-order valence-corrected chi connectivity index (χ2v) is 7.45. The highest BCUT2D eigenvalue weighted by atomic mass is 19.1. The summed E-state index contributed by atoms with van der Waals surface area (Å²) in [7, 11) is 2.77. The second kappa shape index (κ2) is 10.1. The van der Waals surface area contributed by atoms with Crippen molar-refractivity contribution in [3.05, 3.63) is 65.9 Å². The van der Waals surface area contributed by atoms with E-state index in [9.17, 15) is 33.1 Å². The van der Waals surface area contributed by atoms with E-state index in [4.69, 9.17) is 4.74 Å². The van der Waals surface area contributed by atoms with Crippen molar-refractivity contribution in [3.8, 4) is 16.9 Å². The predicted molar refractivity (Wildman–Crippen MR) is 116 cm³/mol. The van der Waals surface area contributed by atoms with Crippen LogP contribution in [0.3, 0.4) is 0 Å². The Kier molecular flexibility index (Phi) is 7.24. The molecule has 1 heterocycles. The van der Waals surface area contributed by atoms with Crippen molar-refractivity contribution >= 4 is 23.7 Å². The van der Waals surface area contributed by atoms with Crippen LogP contribution in [0.25, 0.3) is 11.1 Å². The number of carbonyl (C=O) groups is 4. The van der Waals surface area contributed by atoms with Crippen LogP contribution >= 0.6 is 0 Å². The average Bonchev–Trinajstić information content (AvgIpc) is 2.78. The molecule has 0 saturated carbocycles. The van der Waals surface area contributed by atoms with Crippen LogP contribution in [0.15, 0.2) is 48.7 Å². The van der Waals surface area contributed by atoms with Gasteiger partial charge in [-0.2, -0.15) is 0 Å². The van der Waals surface area contributed by atoms with E-state index in [1.165, 1.54) is 44.6 Å². The molecule has 3 amide bonds. The SMILES string of the molecule is COc1ccc([C@H](CC(=O)O)NC(=O)NC2C(=O)C=CN(C)C2=O)cc1-c1ccc(F)cc1F. The Hall–Kier alpha value is -4.28. The number of nitrogens with one attached hydrogen (secondary N) is 2. The maximum atomic E-state index is 14.4. The third-order valence-electron chi connectivity index (χ3n) is 5.15. The number of ketones is 1. The van der Waals surface area contributed by atoms with Crippen molar-refractivity contribution < 1.29 is 37.8 Å². The number of benzene rings is 2. The molecular weight excluding hydrogens is 452 g/mol. The number of nitrogens with zero attached hydrogens (tertiary/aromatic N) is 1. The topological polar surface area (TPSA) is 125 Å². The number of methoxy groups -OCH3 is 1. The first kappa shape index (κ1) is 24.4. The molecule has 0 spiro atoms. The number of hydrogen-bond donors (Lipinski definition) is 3. The van der Waals surface area contributed by atoms with Crippen molar-refractivity contribution in [2.75, 3.05) is 14.2 Å². The van der Waals surface area contributed by atoms with Gasteiger partial charge in [0.25, 0.3) is 5.91 Å². The van der Waals surface area contributed by atoms with E-state index in [-0.39, 0.29) is 22.4 Å². The molecule has 2 atom stereocenters. The van der Waals surface area contributed by atoms with E-state index in [0.717, 1.165) is 17.0 Å². The van der Waals surface area contributed by atoms with Crippen LogP contribution in [-0.2, 0) is 14.4 Å². The van der Waals surface area contributed by atoms with Crippen LogP contribution in [0, 0.1) is 11.6 Å². The predicted octanol–water partition coefficient (Wildman–Crippen LogP) is 2.38. The molecule has 2 aromatic rings. The molecule has 2 aromatic carbocycles. The lowest BCUT2D eigenvalue weighted by atomic mass is 9.96. The number of amides is 3. The van der Waals surface area contributed by atoms with Gasteiger partial charge in [0.15, 0.2) is 11.8 Å². The number of likely N-dealkylation sites (N-methyl/N-ethyl adjacent to an activating group) is 1. The summed E-state index contributed by atoms with van der Waals surface area (Å²) < 4.78 is 33.0. The number of carbonyl (C=O) groups excluding carboxylic acids is 3. The van der Waals surface area contributed by atoms with Crippen LogP contribution in [0.4, 0.5) is 13.6 Å². The fourth-order valence-corrected chi connectivity index (χ4v) is 3.43. The number of rotatable bonds is 7. The van der Waals surface area contributed by atoms with Crippen LogP contribution in [0.2, 0.25) is 0 Å². The van der Waals surface area contributed by atoms with E-state index in [2.05, 4.69) is 10.6 Å². The zero-order chi connectivity index (χ0) is 25.0. The van der Waals surface area contributed by atoms with Crippen molar-refractivity contribution in [2.24, 2.45) is 0 Å². The Morgan fingerprint density at radius 3 is 2.53 bits per heavy atom. The molecule has 0 bridgehead atoms. The van der Waals surface area contributed by atoms with Gasteiger partial charge in [-0.15, -0.1) is 0 Å². The molecule has 0 saturated heterocycles. The van der Waals surface area contributed by atoms with Gasteiger partial charge in [0.2, 0.25) is 0 Å². The average molecular weight is 473 g/mol. The van der Waals surface area contributed by atoms with Gasteiger partial charge in [-0.05, 0) is 29.8 Å². The maximum Gasteiger partial charge on any atom is 0.316 e. The Labute approximate surface area is 193 Å². The number of ether oxygens (including phenoxy) is 1. The molecule has 11 heteroatoms. The van der Waals surface area contributed by atoms with Gasteiger partial charge in [-0.1, -0.05) is 6.07 Å². The summed E-state index contributed by atoms with van der Waals surface area (Å²) in [6, 6.07) is 3.79. The fourth-order valence-electron chi connectivity index (χ4n) is 3.43. The minimum Gasteiger partial charge on any atom is -0.496 e. The largest absolute Gasteiger partial charge is 0.496 e. The first-order chi connectivity index (χ1) is 16.1. The summed E-state index contributed by atoms with van der Waals surface area (Å²) in [5.74, 6) is -3.93. The molecule has 0 fully saturated rings. The standard InChI is InChI=1S/C23H21F2N3O6/c1-28-8-7-18(29)21(22(28)32)27-23(33)26-17(11-20(30)31)12-3-6-19(34-2)15(9-12)14-5-4-13(24)10-16(14)25/h3-10,17,21H,11H2,1-2H3,(H,30,31)(H2,26,27,33)/t17-,21?/m0/s1. The number of carboxylic acids is 1. The molecule has 34 heavy (non-hydrogen) atoms. The zero-order valence-electron chi connectivity index (χ0n) is 18.2. The molecule has 3 rings (SSSR count). The Bertz CT molecular complexity index is 1180. The van der Waals surface area contributed by atoms with Gasteiger partial charge in [-0.3, -0.25) is 14.4 Å². The molecule has 1 aliphatic heterocycles. The van der Waals surface area contributed by atoms with Crippen molar-refractivity contribution in [2.45, 2.75) is 18.5 Å². The van der Waals surface area contributed by atoms with Gasteiger partial charge >= 0.3 is 12.0 Å². The molecular formula is C23H21F2N3O6. The Morgan fingerprint density at radius 1 is 1.15 bits per heavy atom. The third kappa shape index (κ3) is 5.37. The number of halogens is 2. The van der Waals surface area contributed by atoms with Gasteiger partial charge in [0.1, 0.15) is 17.4 Å². The maximum absolute atomic E-state index is 14.4. The molecule has 178 valence electrons. The molecule has 0 radical (unpaired) electrons. The number of aliphatic carboxylic acids is 1. The van der Waals surface area contributed by atoms with Crippen LogP contribution < -0.4 is 15.4 Å². The first-order valence-electron chi connectivity index (χ1n) is 10.0. The molecule has 0 aliphatic carbocycles. The molecule has 1 unspecified atom stereocenters. The van der Waals surface area contributed by atoms with Crippen molar-refractivity contribution in [1.82, 2.24) is 15.5 Å². The van der Waals surface area contributed by atoms with E-state index in [1.807, 2.05) is 0 Å². The first-order valence-corrected chi connectivity index (χ1v) is 10.0. The lowest BCUT2D eigenvalue weighted by molar-refractivity contribution is -0.138. The summed E-state index contributed by atoms with van der Waals surface area (Å²) in [6.07, 6.45) is 1.84. The van der Waals surface area contributed by atoms with Gasteiger partial charge in [-0.25, -0.2) is 13.6 Å². The van der Waals surface area contributed by atoms with Crippen molar-refractivity contribution in [3.63, 3.8) is 0 Å². The Balaban J connectivity index is 1.91. The minimum absolute atomic E-state index is 0.00634. The van der Waals surface area contributed by atoms with E-state index < -0.39 is 53.8 Å². The van der Waals surface area contributed by atoms with E-state index >= 15 is 0 Å². The monoisotopic (exact) mass is 473 g/mol. The third-order valence-corrected chi connectivity index (χ3v) is 5.15. The van der Waals surface area contributed by atoms with Crippen LogP contribution in [0.1, 0.15) is 18.0 Å². The number of hydrogen-bond acceptors (Lipinski definition) is 5. The zero-order valence-corrected chi connectivity index (χ0v) is 18.2. The highest BCUT2D eigenvalue weighted by Gasteiger charge is 2.32. The molecule has 1 aliphatic rings. The summed E-state index contributed by atoms with van der Waals surface area (Å²) >= 11 is 0. The van der Waals surface area contributed by atoms with Crippen LogP contribution in [-0.4, -0.2) is 53.9 Å². The quantitative estimate of drug-likeness (QED) is 0.531. The summed E-state index contributed by atoms with van der Waals surface area (Å²) in [5, 5.41) is 14.0. The lowest BCUT2D eigenvalue weighted by Crippen LogP contribution is -2.55.